The van der Waals surface area contributed by atoms with Gasteiger partial charge in [0.2, 0.25) is 10.0 Å². The number of nitrogens with one attached hydrogen (secondary N) is 2. The van der Waals surface area contributed by atoms with Gasteiger partial charge >= 0.3 is 0 Å². The summed E-state index contributed by atoms with van der Waals surface area (Å²) in [5.41, 5.74) is 0.143. The van der Waals surface area contributed by atoms with E-state index in [0.29, 0.717) is 12.5 Å². The van der Waals surface area contributed by atoms with Gasteiger partial charge in [-0.25, -0.2) is 13.6 Å². The first-order valence-electron chi connectivity index (χ1n) is 7.24. The SMILES string of the molecule is Cc1[nH]nc(C(=O)NCC(C2CC2)C2CC2)c1S(N)(=O)=O. The van der Waals surface area contributed by atoms with Crippen molar-refractivity contribution in [2.75, 3.05) is 6.54 Å². The second-order valence-electron chi connectivity index (χ2n) is 6.12. The van der Waals surface area contributed by atoms with Gasteiger partial charge in [-0.05, 0) is 50.4 Å². The molecule has 0 bridgehead atoms. The van der Waals surface area contributed by atoms with Gasteiger partial charge in [0.1, 0.15) is 4.90 Å². The zero-order valence-electron chi connectivity index (χ0n) is 11.9. The number of amides is 1. The molecule has 1 aromatic rings. The van der Waals surface area contributed by atoms with Crippen molar-refractivity contribution in [1.82, 2.24) is 15.5 Å². The van der Waals surface area contributed by atoms with E-state index in [1.54, 1.807) is 0 Å². The van der Waals surface area contributed by atoms with E-state index in [1.165, 1.54) is 32.6 Å². The van der Waals surface area contributed by atoms with Gasteiger partial charge in [0.05, 0.1) is 5.69 Å². The highest BCUT2D eigenvalue weighted by atomic mass is 32.2. The smallest absolute Gasteiger partial charge is 0.273 e. The Morgan fingerprint density at radius 3 is 2.43 bits per heavy atom. The molecule has 0 aromatic carbocycles. The number of hydrogen-bond donors (Lipinski definition) is 3. The molecule has 2 fully saturated rings. The molecule has 0 saturated heterocycles. The van der Waals surface area contributed by atoms with Crippen LogP contribution in [-0.4, -0.2) is 31.1 Å². The maximum Gasteiger partial charge on any atom is 0.273 e. The molecule has 21 heavy (non-hydrogen) atoms. The molecule has 1 amide bonds. The molecule has 8 heteroatoms. The molecule has 1 heterocycles. The van der Waals surface area contributed by atoms with Gasteiger partial charge in [-0.2, -0.15) is 5.10 Å². The lowest BCUT2D eigenvalue weighted by atomic mass is 9.98. The van der Waals surface area contributed by atoms with Crippen molar-refractivity contribution in [3.8, 4) is 0 Å². The number of aromatic nitrogens is 2. The van der Waals surface area contributed by atoms with Crippen LogP contribution in [0.15, 0.2) is 4.90 Å². The Labute approximate surface area is 123 Å². The van der Waals surface area contributed by atoms with Crippen LogP contribution in [0.25, 0.3) is 0 Å². The summed E-state index contributed by atoms with van der Waals surface area (Å²) < 4.78 is 23.1. The molecule has 2 aliphatic rings. The number of hydrogen-bond acceptors (Lipinski definition) is 4. The first kappa shape index (κ1) is 14.5. The van der Waals surface area contributed by atoms with Gasteiger partial charge in [-0.15, -0.1) is 0 Å². The standard InChI is InChI=1S/C13H20N4O3S/c1-7-12(21(14,19)20)11(17-16-7)13(18)15-6-10(8-2-3-8)9-4-5-9/h8-10H,2-6H2,1H3,(H,15,18)(H,16,17)(H2,14,19,20). The Morgan fingerprint density at radius 2 is 1.95 bits per heavy atom. The van der Waals surface area contributed by atoms with E-state index < -0.39 is 15.9 Å². The van der Waals surface area contributed by atoms with Crippen molar-refractivity contribution in [2.24, 2.45) is 22.9 Å². The number of nitrogens with zero attached hydrogens (tertiary/aromatic N) is 1. The topological polar surface area (TPSA) is 118 Å². The predicted octanol–water partition coefficient (Wildman–Crippen LogP) is 0.532. The molecule has 0 atom stereocenters. The van der Waals surface area contributed by atoms with Gasteiger partial charge in [0.15, 0.2) is 5.69 Å². The summed E-state index contributed by atoms with van der Waals surface area (Å²) in [6, 6.07) is 0. The average molecular weight is 312 g/mol. The Morgan fingerprint density at radius 1 is 1.38 bits per heavy atom. The van der Waals surface area contributed by atoms with E-state index in [9.17, 15) is 13.2 Å². The van der Waals surface area contributed by atoms with Crippen LogP contribution >= 0.6 is 0 Å². The molecule has 2 saturated carbocycles. The van der Waals surface area contributed by atoms with Crippen LogP contribution in [0.5, 0.6) is 0 Å². The minimum atomic E-state index is -3.97. The van der Waals surface area contributed by atoms with E-state index in [0.717, 1.165) is 11.8 Å². The van der Waals surface area contributed by atoms with Crippen molar-refractivity contribution < 1.29 is 13.2 Å². The van der Waals surface area contributed by atoms with Crippen molar-refractivity contribution in [2.45, 2.75) is 37.5 Å². The maximum absolute atomic E-state index is 12.2. The monoisotopic (exact) mass is 312 g/mol. The summed E-state index contributed by atoms with van der Waals surface area (Å²) >= 11 is 0. The highest BCUT2D eigenvalue weighted by molar-refractivity contribution is 7.89. The number of aromatic amines is 1. The molecular formula is C13H20N4O3S. The Bertz CT molecular complexity index is 647. The molecule has 0 spiro atoms. The Balaban J connectivity index is 1.71. The highest BCUT2D eigenvalue weighted by Gasteiger charge is 2.41. The summed E-state index contributed by atoms with van der Waals surface area (Å²) in [5.74, 6) is 1.48. The van der Waals surface area contributed by atoms with E-state index in [-0.39, 0.29) is 16.3 Å². The van der Waals surface area contributed by atoms with Crippen LogP contribution in [0.3, 0.4) is 0 Å². The third-order valence-corrected chi connectivity index (χ3v) is 5.41. The molecule has 116 valence electrons. The first-order chi connectivity index (χ1) is 9.88. The van der Waals surface area contributed by atoms with Gasteiger partial charge in [-0.1, -0.05) is 0 Å². The lowest BCUT2D eigenvalue weighted by Gasteiger charge is -2.15. The van der Waals surface area contributed by atoms with Crippen molar-refractivity contribution >= 4 is 15.9 Å². The fourth-order valence-corrected chi connectivity index (χ4v) is 3.86. The number of H-pyrrole nitrogens is 1. The highest BCUT2D eigenvalue weighted by Crippen LogP contribution is 2.48. The first-order valence-corrected chi connectivity index (χ1v) is 8.78. The molecule has 2 aliphatic carbocycles. The third kappa shape index (κ3) is 3.11. The summed E-state index contributed by atoms with van der Waals surface area (Å²) in [4.78, 5) is 12.0. The summed E-state index contributed by atoms with van der Waals surface area (Å²) in [6.45, 7) is 2.12. The van der Waals surface area contributed by atoms with Crippen LogP contribution in [0.1, 0.15) is 41.9 Å². The van der Waals surface area contributed by atoms with Crippen molar-refractivity contribution in [3.05, 3.63) is 11.4 Å². The van der Waals surface area contributed by atoms with Crippen LogP contribution < -0.4 is 10.5 Å². The van der Waals surface area contributed by atoms with Crippen molar-refractivity contribution in [1.29, 1.82) is 0 Å². The molecule has 3 rings (SSSR count). The Hall–Kier alpha value is -1.41. The number of nitrogens with two attached hydrogens (primary N) is 1. The van der Waals surface area contributed by atoms with E-state index >= 15 is 0 Å². The fourth-order valence-electron chi connectivity index (χ4n) is 2.98. The van der Waals surface area contributed by atoms with Crippen molar-refractivity contribution in [3.63, 3.8) is 0 Å². The number of aryl methyl sites for hydroxylation is 1. The predicted molar refractivity (Wildman–Crippen MR) is 76.0 cm³/mol. The molecular weight excluding hydrogens is 292 g/mol. The molecule has 0 radical (unpaired) electrons. The summed E-state index contributed by atoms with van der Waals surface area (Å²) in [7, 11) is -3.97. The third-order valence-electron chi connectivity index (χ3n) is 4.34. The number of primary sulfonamides is 1. The largest absolute Gasteiger partial charge is 0.350 e. The number of rotatable bonds is 6. The second kappa shape index (κ2) is 5.10. The Kier molecular flexibility index (Phi) is 3.53. The zero-order valence-corrected chi connectivity index (χ0v) is 12.7. The average Bonchev–Trinajstić information content (AvgIpc) is 3.28. The van der Waals surface area contributed by atoms with Gasteiger partial charge in [0.25, 0.3) is 5.91 Å². The van der Waals surface area contributed by atoms with Gasteiger partial charge in [0, 0.05) is 6.54 Å². The molecule has 4 N–H and O–H groups in total. The van der Waals surface area contributed by atoms with Crippen LogP contribution in [0.2, 0.25) is 0 Å². The summed E-state index contributed by atoms with van der Waals surface area (Å²) in [6.07, 6.45) is 4.95. The number of carbonyl (C=O) groups is 1. The second-order valence-corrected chi connectivity index (χ2v) is 7.62. The molecule has 7 nitrogen and oxygen atoms in total. The molecule has 0 aliphatic heterocycles. The number of carbonyl (C=O) groups excluding carboxylic acids is 1. The summed E-state index contributed by atoms with van der Waals surface area (Å²) in [5, 5.41) is 14.3. The minimum absolute atomic E-state index is 0.139. The molecule has 1 aromatic heterocycles. The van der Waals surface area contributed by atoms with Gasteiger partial charge in [-0.3, -0.25) is 9.89 Å². The van der Waals surface area contributed by atoms with Crippen LogP contribution in [0, 0.1) is 24.7 Å². The van der Waals surface area contributed by atoms with Crippen LogP contribution in [0.4, 0.5) is 0 Å². The quantitative estimate of drug-likeness (QED) is 0.710. The normalized spacial score (nSPS) is 19.0. The minimum Gasteiger partial charge on any atom is -0.350 e. The van der Waals surface area contributed by atoms with E-state index in [4.69, 9.17) is 5.14 Å². The fraction of sp³-hybridized carbons (Fsp3) is 0.692. The lowest BCUT2D eigenvalue weighted by Crippen LogP contribution is -2.32. The van der Waals surface area contributed by atoms with E-state index in [1.807, 2.05) is 0 Å². The zero-order chi connectivity index (χ0) is 15.2. The number of sulfonamides is 1. The van der Waals surface area contributed by atoms with E-state index in [2.05, 4.69) is 15.5 Å². The lowest BCUT2D eigenvalue weighted by molar-refractivity contribution is 0.0935. The van der Waals surface area contributed by atoms with Crippen LogP contribution in [-0.2, 0) is 10.0 Å². The maximum atomic E-state index is 12.2. The molecule has 0 unspecified atom stereocenters. The van der Waals surface area contributed by atoms with Gasteiger partial charge < -0.3 is 5.32 Å².